The van der Waals surface area contributed by atoms with Gasteiger partial charge in [-0.05, 0) is 24.6 Å². The highest BCUT2D eigenvalue weighted by atomic mass is 16.1. The summed E-state index contributed by atoms with van der Waals surface area (Å²) >= 11 is 0. The van der Waals surface area contributed by atoms with E-state index in [0.717, 1.165) is 40.5 Å². The third kappa shape index (κ3) is 4.47. The maximum absolute atomic E-state index is 12.3. The Bertz CT molecular complexity index is 1140. The quantitative estimate of drug-likeness (QED) is 0.421. The van der Waals surface area contributed by atoms with Crippen molar-refractivity contribution in [2.45, 2.75) is 13.5 Å². The molecule has 0 atom stereocenters. The molecule has 2 aromatic heterocycles. The van der Waals surface area contributed by atoms with E-state index in [4.69, 9.17) is 0 Å². The molecule has 0 spiro atoms. The Kier molecular flexibility index (Phi) is 6.01. The standard InChI is InChI=1S/C23H24N6O/c1-2-25-22-23-27-15-20(29(23)12-11-26-22)18-9-6-10-19(13-18)28-21(30)16-24-14-17-7-4-3-5-8-17/h3-13,15,24H,2,14,16H2,1H3,(H,25,26)(H,28,30). The monoisotopic (exact) mass is 400 g/mol. The van der Waals surface area contributed by atoms with E-state index in [1.807, 2.05) is 78.3 Å². The average molecular weight is 400 g/mol. The maximum atomic E-state index is 12.3. The van der Waals surface area contributed by atoms with Crippen LogP contribution >= 0.6 is 0 Å². The number of imidazole rings is 1. The molecule has 4 aromatic rings. The van der Waals surface area contributed by atoms with E-state index in [-0.39, 0.29) is 12.5 Å². The molecule has 2 heterocycles. The number of hydrogen-bond donors (Lipinski definition) is 3. The first-order chi connectivity index (χ1) is 14.7. The van der Waals surface area contributed by atoms with Gasteiger partial charge in [0.1, 0.15) is 0 Å². The molecule has 0 radical (unpaired) electrons. The van der Waals surface area contributed by atoms with Gasteiger partial charge in [0.15, 0.2) is 11.5 Å². The van der Waals surface area contributed by atoms with Gasteiger partial charge in [-0.2, -0.15) is 0 Å². The predicted octanol–water partition coefficient (Wildman–Crippen LogP) is 3.56. The van der Waals surface area contributed by atoms with Gasteiger partial charge < -0.3 is 16.0 Å². The number of anilines is 2. The van der Waals surface area contributed by atoms with Gasteiger partial charge in [0, 0.05) is 36.7 Å². The number of nitrogens with zero attached hydrogens (tertiary/aromatic N) is 3. The van der Waals surface area contributed by atoms with E-state index in [1.165, 1.54) is 0 Å². The molecule has 1 amide bonds. The summed E-state index contributed by atoms with van der Waals surface area (Å²) in [7, 11) is 0. The van der Waals surface area contributed by atoms with Gasteiger partial charge in [0.25, 0.3) is 0 Å². The minimum absolute atomic E-state index is 0.0835. The Morgan fingerprint density at radius 2 is 1.93 bits per heavy atom. The van der Waals surface area contributed by atoms with Crippen molar-refractivity contribution in [1.29, 1.82) is 0 Å². The smallest absolute Gasteiger partial charge is 0.238 e. The van der Waals surface area contributed by atoms with Crippen LogP contribution < -0.4 is 16.0 Å². The summed E-state index contributed by atoms with van der Waals surface area (Å²) in [6.45, 7) is 3.69. The third-order valence-electron chi connectivity index (χ3n) is 4.67. The fraction of sp³-hybridized carbons (Fsp3) is 0.174. The lowest BCUT2D eigenvalue weighted by molar-refractivity contribution is -0.115. The van der Waals surface area contributed by atoms with E-state index in [2.05, 4.69) is 25.9 Å². The van der Waals surface area contributed by atoms with Gasteiger partial charge >= 0.3 is 0 Å². The van der Waals surface area contributed by atoms with Crippen molar-refractivity contribution in [1.82, 2.24) is 19.7 Å². The molecule has 152 valence electrons. The van der Waals surface area contributed by atoms with Crippen LogP contribution in [0.15, 0.2) is 73.2 Å². The van der Waals surface area contributed by atoms with Crippen molar-refractivity contribution < 1.29 is 4.79 Å². The van der Waals surface area contributed by atoms with Crippen LogP contribution in [-0.4, -0.2) is 33.4 Å². The second-order valence-electron chi connectivity index (χ2n) is 6.86. The number of aromatic nitrogens is 3. The average Bonchev–Trinajstić information content (AvgIpc) is 3.20. The first-order valence-electron chi connectivity index (χ1n) is 9.95. The van der Waals surface area contributed by atoms with Crippen molar-refractivity contribution in [3.63, 3.8) is 0 Å². The Morgan fingerprint density at radius 1 is 1.07 bits per heavy atom. The van der Waals surface area contributed by atoms with E-state index in [9.17, 15) is 4.79 Å². The first-order valence-corrected chi connectivity index (χ1v) is 9.95. The van der Waals surface area contributed by atoms with E-state index in [1.54, 1.807) is 6.20 Å². The Labute approximate surface area is 175 Å². The predicted molar refractivity (Wildman–Crippen MR) is 119 cm³/mol. The largest absolute Gasteiger partial charge is 0.367 e. The molecule has 0 aliphatic rings. The SMILES string of the molecule is CCNc1nccn2c(-c3cccc(NC(=O)CNCc4ccccc4)c3)cnc12. The first kappa shape index (κ1) is 19.6. The van der Waals surface area contributed by atoms with E-state index in [0.29, 0.717) is 6.54 Å². The van der Waals surface area contributed by atoms with Crippen LogP contribution in [0.25, 0.3) is 16.9 Å². The van der Waals surface area contributed by atoms with Gasteiger partial charge in [-0.1, -0.05) is 42.5 Å². The Balaban J connectivity index is 1.45. The van der Waals surface area contributed by atoms with Crippen molar-refractivity contribution in [2.24, 2.45) is 0 Å². The second kappa shape index (κ2) is 9.19. The van der Waals surface area contributed by atoms with Crippen molar-refractivity contribution in [3.8, 4) is 11.3 Å². The van der Waals surface area contributed by atoms with Crippen molar-refractivity contribution >= 4 is 23.1 Å². The fourth-order valence-electron chi connectivity index (χ4n) is 3.30. The minimum Gasteiger partial charge on any atom is -0.367 e. The number of nitrogens with one attached hydrogen (secondary N) is 3. The number of fused-ring (bicyclic) bond motifs is 1. The zero-order valence-corrected chi connectivity index (χ0v) is 16.8. The number of rotatable bonds is 8. The number of hydrogen-bond acceptors (Lipinski definition) is 5. The summed E-state index contributed by atoms with van der Waals surface area (Å²) in [5.41, 5.74) is 4.56. The van der Waals surface area contributed by atoms with Crippen molar-refractivity contribution in [2.75, 3.05) is 23.7 Å². The normalized spacial score (nSPS) is 10.8. The summed E-state index contributed by atoms with van der Waals surface area (Å²) in [5.74, 6) is 0.667. The second-order valence-corrected chi connectivity index (χ2v) is 6.86. The Morgan fingerprint density at radius 3 is 2.77 bits per heavy atom. The zero-order chi connectivity index (χ0) is 20.8. The van der Waals surface area contributed by atoms with Crippen molar-refractivity contribution in [3.05, 3.63) is 78.8 Å². The van der Waals surface area contributed by atoms with Crippen LogP contribution in [0.1, 0.15) is 12.5 Å². The zero-order valence-electron chi connectivity index (χ0n) is 16.8. The maximum Gasteiger partial charge on any atom is 0.238 e. The summed E-state index contributed by atoms with van der Waals surface area (Å²) < 4.78 is 1.99. The molecule has 7 nitrogen and oxygen atoms in total. The summed E-state index contributed by atoms with van der Waals surface area (Å²) in [5, 5.41) is 9.35. The van der Waals surface area contributed by atoms with E-state index < -0.39 is 0 Å². The fourth-order valence-corrected chi connectivity index (χ4v) is 3.30. The highest BCUT2D eigenvalue weighted by Crippen LogP contribution is 2.25. The van der Waals surface area contributed by atoms with Crippen LogP contribution in [0.3, 0.4) is 0 Å². The molecule has 0 aliphatic carbocycles. The van der Waals surface area contributed by atoms with Gasteiger partial charge in [-0.15, -0.1) is 0 Å². The van der Waals surface area contributed by atoms with Crippen LogP contribution in [0.5, 0.6) is 0 Å². The van der Waals surface area contributed by atoms with Crippen LogP contribution in [0.2, 0.25) is 0 Å². The molecule has 2 aromatic carbocycles. The van der Waals surface area contributed by atoms with Crippen LogP contribution in [0, 0.1) is 0 Å². The molecular formula is C23H24N6O. The minimum atomic E-state index is -0.0835. The van der Waals surface area contributed by atoms with Gasteiger partial charge in [-0.3, -0.25) is 9.20 Å². The van der Waals surface area contributed by atoms with E-state index >= 15 is 0 Å². The van der Waals surface area contributed by atoms with Crippen LogP contribution in [0.4, 0.5) is 11.5 Å². The topological polar surface area (TPSA) is 83.3 Å². The lowest BCUT2D eigenvalue weighted by atomic mass is 10.1. The molecule has 0 fully saturated rings. The lowest BCUT2D eigenvalue weighted by Gasteiger charge is -2.09. The van der Waals surface area contributed by atoms with Crippen LogP contribution in [-0.2, 0) is 11.3 Å². The summed E-state index contributed by atoms with van der Waals surface area (Å²) in [4.78, 5) is 21.2. The number of carbonyl (C=O) groups excluding carboxylic acids is 1. The molecule has 0 aliphatic heterocycles. The molecule has 30 heavy (non-hydrogen) atoms. The Hall–Kier alpha value is -3.71. The highest BCUT2D eigenvalue weighted by molar-refractivity contribution is 5.93. The number of benzene rings is 2. The number of carbonyl (C=O) groups is 1. The molecule has 3 N–H and O–H groups in total. The third-order valence-corrected chi connectivity index (χ3v) is 4.67. The highest BCUT2D eigenvalue weighted by Gasteiger charge is 2.11. The summed E-state index contributed by atoms with van der Waals surface area (Å²) in [6.07, 6.45) is 5.46. The molecule has 7 heteroatoms. The molecule has 0 unspecified atom stereocenters. The van der Waals surface area contributed by atoms with Gasteiger partial charge in [0.05, 0.1) is 18.4 Å². The molecule has 0 bridgehead atoms. The molecule has 0 saturated heterocycles. The van der Waals surface area contributed by atoms with Gasteiger partial charge in [-0.25, -0.2) is 9.97 Å². The lowest BCUT2D eigenvalue weighted by Crippen LogP contribution is -2.27. The summed E-state index contributed by atoms with van der Waals surface area (Å²) in [6, 6.07) is 17.8. The molecule has 0 saturated carbocycles. The molecule has 4 rings (SSSR count). The van der Waals surface area contributed by atoms with Gasteiger partial charge in [0.2, 0.25) is 5.91 Å². The number of amides is 1. The molecular weight excluding hydrogens is 376 g/mol.